The molecular weight excluding hydrogens is 272 g/mol. The summed E-state index contributed by atoms with van der Waals surface area (Å²) in [7, 11) is -4.19. The van der Waals surface area contributed by atoms with E-state index in [-0.39, 0.29) is 18.5 Å². The number of sulfonamides is 1. The quantitative estimate of drug-likeness (QED) is 0.728. The van der Waals surface area contributed by atoms with E-state index < -0.39 is 26.6 Å². The van der Waals surface area contributed by atoms with Crippen LogP contribution in [0.3, 0.4) is 0 Å². The normalized spacial score (nSPS) is 11.9. The first kappa shape index (κ1) is 13.5. The summed E-state index contributed by atoms with van der Waals surface area (Å²) in [4.78, 5) is 10.9. The maximum Gasteiger partial charge on any atom is 0.353 e. The molecular formula is C11H12N2O5S. The van der Waals surface area contributed by atoms with E-state index in [4.69, 9.17) is 10.2 Å². The molecule has 8 heteroatoms. The van der Waals surface area contributed by atoms with Gasteiger partial charge >= 0.3 is 5.97 Å². The Bertz CT molecular complexity index is 748. The maximum absolute atomic E-state index is 11.6. The molecule has 0 saturated heterocycles. The lowest BCUT2D eigenvalue weighted by atomic mass is 10.2. The van der Waals surface area contributed by atoms with Gasteiger partial charge in [-0.3, -0.25) is 0 Å². The molecule has 2 rings (SSSR count). The van der Waals surface area contributed by atoms with E-state index in [0.29, 0.717) is 5.52 Å². The Labute approximate surface area is 108 Å². The summed E-state index contributed by atoms with van der Waals surface area (Å²) in [5.41, 5.74) is -0.0317. The minimum Gasteiger partial charge on any atom is -0.477 e. The molecule has 0 spiro atoms. The van der Waals surface area contributed by atoms with Crippen LogP contribution < -0.4 is 5.14 Å². The molecule has 0 amide bonds. The molecule has 102 valence electrons. The highest BCUT2D eigenvalue weighted by atomic mass is 32.2. The molecule has 0 unspecified atom stereocenters. The summed E-state index contributed by atoms with van der Waals surface area (Å²) in [6, 6.07) is 6.29. The van der Waals surface area contributed by atoms with Crippen LogP contribution in [-0.4, -0.2) is 35.8 Å². The van der Waals surface area contributed by atoms with Crippen LogP contribution in [0.25, 0.3) is 10.9 Å². The largest absolute Gasteiger partial charge is 0.477 e. The van der Waals surface area contributed by atoms with E-state index >= 15 is 0 Å². The fourth-order valence-electron chi connectivity index (χ4n) is 2.10. The predicted octanol–water partition coefficient (Wildman–Crippen LogP) is -0.0208. The van der Waals surface area contributed by atoms with Gasteiger partial charge in [-0.1, -0.05) is 18.2 Å². The Kier molecular flexibility index (Phi) is 3.31. The van der Waals surface area contributed by atoms with Crippen molar-refractivity contribution in [2.75, 3.05) is 6.61 Å². The van der Waals surface area contributed by atoms with Gasteiger partial charge < -0.3 is 14.8 Å². The van der Waals surface area contributed by atoms with Crippen LogP contribution in [0.2, 0.25) is 0 Å². The highest BCUT2D eigenvalue weighted by Crippen LogP contribution is 2.29. The van der Waals surface area contributed by atoms with Crippen LogP contribution in [0.4, 0.5) is 0 Å². The fraction of sp³-hybridized carbons (Fsp3) is 0.182. The first-order valence-corrected chi connectivity index (χ1v) is 6.90. The standard InChI is InChI=1S/C11H12N2O5S/c12-19(17,18)10-7-3-1-2-4-8(7)13(5-6-14)9(10)11(15)16/h1-4,14H,5-6H2,(H,15,16)(H2,12,17,18). The Balaban J connectivity index is 3.00. The number of nitrogens with zero attached hydrogens (tertiary/aromatic N) is 1. The summed E-state index contributed by atoms with van der Waals surface area (Å²) in [5, 5.41) is 23.6. The molecule has 2 aromatic rings. The number of aromatic nitrogens is 1. The molecule has 0 bridgehead atoms. The van der Waals surface area contributed by atoms with Gasteiger partial charge in [0, 0.05) is 11.9 Å². The molecule has 0 aliphatic carbocycles. The monoisotopic (exact) mass is 284 g/mol. The van der Waals surface area contributed by atoms with E-state index in [0.717, 1.165) is 0 Å². The second-order valence-electron chi connectivity index (χ2n) is 3.92. The minimum atomic E-state index is -4.19. The molecule has 0 aliphatic rings. The van der Waals surface area contributed by atoms with Crippen LogP contribution >= 0.6 is 0 Å². The summed E-state index contributed by atoms with van der Waals surface area (Å²) in [5.74, 6) is -1.41. The summed E-state index contributed by atoms with van der Waals surface area (Å²) in [6.07, 6.45) is 0. The highest BCUT2D eigenvalue weighted by Gasteiger charge is 2.28. The third kappa shape index (κ3) is 2.21. The lowest BCUT2D eigenvalue weighted by Gasteiger charge is -2.06. The zero-order chi connectivity index (χ0) is 14.2. The number of aromatic carboxylic acids is 1. The number of hydrogen-bond acceptors (Lipinski definition) is 4. The molecule has 0 saturated carbocycles. The van der Waals surface area contributed by atoms with E-state index in [1.807, 2.05) is 0 Å². The van der Waals surface area contributed by atoms with Gasteiger partial charge in [0.05, 0.1) is 12.1 Å². The number of para-hydroxylation sites is 1. The third-order valence-corrected chi connectivity index (χ3v) is 3.72. The van der Waals surface area contributed by atoms with Crippen LogP contribution in [0, 0.1) is 0 Å². The summed E-state index contributed by atoms with van der Waals surface area (Å²) >= 11 is 0. The van der Waals surface area contributed by atoms with Gasteiger partial charge in [-0.2, -0.15) is 0 Å². The SMILES string of the molecule is NS(=O)(=O)c1c(C(=O)O)n(CCO)c2ccccc12. The first-order valence-electron chi connectivity index (χ1n) is 5.36. The Hall–Kier alpha value is -1.90. The molecule has 7 nitrogen and oxygen atoms in total. The van der Waals surface area contributed by atoms with Gasteiger partial charge in [0.1, 0.15) is 10.6 Å². The molecule has 1 aromatic carbocycles. The average molecular weight is 284 g/mol. The Morgan fingerprint density at radius 2 is 1.95 bits per heavy atom. The number of aliphatic hydroxyl groups is 1. The zero-order valence-corrected chi connectivity index (χ0v) is 10.6. The number of carboxylic acids is 1. The van der Waals surface area contributed by atoms with Crippen molar-refractivity contribution in [2.24, 2.45) is 5.14 Å². The van der Waals surface area contributed by atoms with Crippen molar-refractivity contribution in [2.45, 2.75) is 11.4 Å². The molecule has 19 heavy (non-hydrogen) atoms. The summed E-state index contributed by atoms with van der Waals surface area (Å²) in [6.45, 7) is -0.347. The minimum absolute atomic E-state index is 0.0301. The lowest BCUT2D eigenvalue weighted by Crippen LogP contribution is -2.18. The number of benzene rings is 1. The molecule has 0 radical (unpaired) electrons. The molecule has 1 aromatic heterocycles. The van der Waals surface area contributed by atoms with E-state index in [1.165, 1.54) is 10.6 Å². The molecule has 1 heterocycles. The molecule has 0 aliphatic heterocycles. The molecule has 4 N–H and O–H groups in total. The van der Waals surface area contributed by atoms with Gasteiger partial charge in [-0.15, -0.1) is 0 Å². The van der Waals surface area contributed by atoms with Gasteiger partial charge in [-0.05, 0) is 6.07 Å². The second kappa shape index (κ2) is 4.65. The number of carbonyl (C=O) groups is 1. The Morgan fingerprint density at radius 3 is 2.47 bits per heavy atom. The average Bonchev–Trinajstić information content (AvgIpc) is 2.65. The Morgan fingerprint density at radius 1 is 1.32 bits per heavy atom. The molecule has 0 fully saturated rings. The lowest BCUT2D eigenvalue weighted by molar-refractivity contribution is 0.0680. The smallest absolute Gasteiger partial charge is 0.353 e. The van der Waals surface area contributed by atoms with E-state index in [1.54, 1.807) is 18.2 Å². The highest BCUT2D eigenvalue weighted by molar-refractivity contribution is 7.89. The number of nitrogens with two attached hydrogens (primary N) is 1. The van der Waals surface area contributed by atoms with Gasteiger partial charge in [-0.25, -0.2) is 18.4 Å². The third-order valence-electron chi connectivity index (χ3n) is 2.74. The number of hydrogen-bond donors (Lipinski definition) is 3. The van der Waals surface area contributed by atoms with Crippen molar-refractivity contribution in [3.63, 3.8) is 0 Å². The van der Waals surface area contributed by atoms with Gasteiger partial charge in [0.15, 0.2) is 0 Å². The van der Waals surface area contributed by atoms with Crippen molar-refractivity contribution in [3.8, 4) is 0 Å². The zero-order valence-electron chi connectivity index (χ0n) is 9.78. The molecule has 0 atom stereocenters. The van der Waals surface area contributed by atoms with Gasteiger partial charge in [0.2, 0.25) is 10.0 Å². The predicted molar refractivity (Wildman–Crippen MR) is 67.4 cm³/mol. The number of primary sulfonamides is 1. The fourth-order valence-corrected chi connectivity index (χ4v) is 3.05. The topological polar surface area (TPSA) is 123 Å². The number of fused-ring (bicyclic) bond motifs is 1. The van der Waals surface area contributed by atoms with Crippen molar-refractivity contribution < 1.29 is 23.4 Å². The van der Waals surface area contributed by atoms with Crippen molar-refractivity contribution in [3.05, 3.63) is 30.0 Å². The maximum atomic E-state index is 11.6. The number of aliphatic hydroxyl groups excluding tert-OH is 1. The van der Waals surface area contributed by atoms with E-state index in [2.05, 4.69) is 0 Å². The van der Waals surface area contributed by atoms with Crippen molar-refractivity contribution >= 4 is 26.9 Å². The van der Waals surface area contributed by atoms with Crippen LogP contribution in [-0.2, 0) is 16.6 Å². The van der Waals surface area contributed by atoms with Crippen LogP contribution in [0.1, 0.15) is 10.5 Å². The van der Waals surface area contributed by atoms with E-state index in [9.17, 15) is 18.3 Å². The van der Waals surface area contributed by atoms with Crippen LogP contribution in [0.5, 0.6) is 0 Å². The van der Waals surface area contributed by atoms with Crippen LogP contribution in [0.15, 0.2) is 29.2 Å². The first-order chi connectivity index (χ1) is 8.88. The number of rotatable bonds is 4. The number of carboxylic acid groups (broad SMARTS) is 1. The van der Waals surface area contributed by atoms with Crippen molar-refractivity contribution in [1.82, 2.24) is 4.57 Å². The summed E-state index contributed by atoms with van der Waals surface area (Å²) < 4.78 is 24.5. The van der Waals surface area contributed by atoms with Gasteiger partial charge in [0.25, 0.3) is 0 Å². The van der Waals surface area contributed by atoms with Crippen molar-refractivity contribution in [1.29, 1.82) is 0 Å². The second-order valence-corrected chi connectivity index (χ2v) is 5.42.